The van der Waals surface area contributed by atoms with Crippen LogP contribution in [-0.4, -0.2) is 45.3 Å². The van der Waals surface area contributed by atoms with Crippen LogP contribution in [0, 0.1) is 6.92 Å². The molecule has 23 heavy (non-hydrogen) atoms. The number of nitrogens with zero attached hydrogens (tertiary/aromatic N) is 1. The zero-order valence-electron chi connectivity index (χ0n) is 13.6. The second-order valence-corrected chi connectivity index (χ2v) is 7.88. The van der Waals surface area contributed by atoms with Crippen molar-refractivity contribution in [2.75, 3.05) is 26.0 Å². The number of carbonyl (C=O) groups excluding carboxylic acids is 1. The van der Waals surface area contributed by atoms with Gasteiger partial charge in [0, 0.05) is 19.8 Å². The highest BCUT2D eigenvalue weighted by Gasteiger charge is 2.23. The number of nitrogens with one attached hydrogen (secondary N) is 2. The van der Waals surface area contributed by atoms with Gasteiger partial charge < -0.3 is 10.6 Å². The van der Waals surface area contributed by atoms with Gasteiger partial charge >= 0.3 is 0 Å². The molecule has 0 aliphatic carbocycles. The Kier molecular flexibility index (Phi) is 7.01. The standard InChI is InChI=1S/C15H23N3O3S.ClH/c1-11-7-8-12(10-14(11)22(20,21)18(2)3)17-15(19)13-6-4-5-9-16-13;/h7-8,10,13,16H,4-6,9H2,1-3H3,(H,17,19);1H/t13-;/m1./s1. The van der Waals surface area contributed by atoms with Crippen molar-refractivity contribution in [3.8, 4) is 0 Å². The quantitative estimate of drug-likeness (QED) is 0.856. The molecule has 1 saturated heterocycles. The fourth-order valence-corrected chi connectivity index (χ4v) is 3.60. The van der Waals surface area contributed by atoms with Gasteiger partial charge in [-0.25, -0.2) is 12.7 Å². The Bertz CT molecular complexity index is 656. The highest BCUT2D eigenvalue weighted by Crippen LogP contribution is 2.22. The average molecular weight is 362 g/mol. The van der Waals surface area contributed by atoms with Crippen molar-refractivity contribution < 1.29 is 13.2 Å². The molecule has 1 amide bonds. The number of anilines is 1. The number of halogens is 1. The topological polar surface area (TPSA) is 78.5 Å². The molecule has 2 N–H and O–H groups in total. The largest absolute Gasteiger partial charge is 0.325 e. The molecule has 0 saturated carbocycles. The van der Waals surface area contributed by atoms with E-state index >= 15 is 0 Å². The summed E-state index contributed by atoms with van der Waals surface area (Å²) < 4.78 is 25.8. The Labute approximate surface area is 144 Å². The van der Waals surface area contributed by atoms with Crippen molar-refractivity contribution in [1.82, 2.24) is 9.62 Å². The number of carbonyl (C=O) groups is 1. The van der Waals surface area contributed by atoms with Crippen LogP contribution in [0.2, 0.25) is 0 Å². The summed E-state index contributed by atoms with van der Waals surface area (Å²) in [6.07, 6.45) is 2.92. The first-order valence-electron chi connectivity index (χ1n) is 7.40. The fourth-order valence-electron chi connectivity index (χ4n) is 2.46. The summed E-state index contributed by atoms with van der Waals surface area (Å²) in [5.41, 5.74) is 1.16. The Morgan fingerprint density at radius 3 is 2.57 bits per heavy atom. The predicted molar refractivity (Wildman–Crippen MR) is 93.6 cm³/mol. The number of aryl methyl sites for hydroxylation is 1. The van der Waals surface area contributed by atoms with Gasteiger partial charge in [0.15, 0.2) is 0 Å². The molecule has 1 aromatic rings. The van der Waals surface area contributed by atoms with Crippen molar-refractivity contribution in [2.45, 2.75) is 37.1 Å². The molecular formula is C15H24ClN3O3S. The molecule has 8 heteroatoms. The van der Waals surface area contributed by atoms with Crippen LogP contribution in [0.5, 0.6) is 0 Å². The van der Waals surface area contributed by atoms with Crippen molar-refractivity contribution >= 4 is 34.0 Å². The minimum Gasteiger partial charge on any atom is -0.325 e. The maximum atomic E-state index is 12.3. The maximum Gasteiger partial charge on any atom is 0.242 e. The summed E-state index contributed by atoms with van der Waals surface area (Å²) in [7, 11) is -0.540. The number of hydrogen-bond acceptors (Lipinski definition) is 4. The summed E-state index contributed by atoms with van der Waals surface area (Å²) in [5, 5.41) is 5.98. The second kappa shape index (κ2) is 8.10. The summed E-state index contributed by atoms with van der Waals surface area (Å²) in [6, 6.07) is 4.75. The number of hydrogen-bond donors (Lipinski definition) is 2. The third-order valence-electron chi connectivity index (χ3n) is 3.84. The Balaban J connectivity index is 0.00000264. The van der Waals surface area contributed by atoms with Crippen molar-refractivity contribution in [3.63, 3.8) is 0 Å². The molecule has 6 nitrogen and oxygen atoms in total. The summed E-state index contributed by atoms with van der Waals surface area (Å²) in [6.45, 7) is 2.58. The van der Waals surface area contributed by atoms with E-state index in [0.717, 1.165) is 25.8 Å². The van der Waals surface area contributed by atoms with Crippen molar-refractivity contribution in [3.05, 3.63) is 23.8 Å². The molecule has 0 bridgehead atoms. The monoisotopic (exact) mass is 361 g/mol. The second-order valence-electron chi connectivity index (χ2n) is 5.76. The van der Waals surface area contributed by atoms with E-state index in [9.17, 15) is 13.2 Å². The van der Waals surface area contributed by atoms with E-state index in [2.05, 4.69) is 10.6 Å². The third-order valence-corrected chi connectivity index (χ3v) is 5.80. The van der Waals surface area contributed by atoms with Crippen LogP contribution in [0.15, 0.2) is 23.1 Å². The molecule has 1 heterocycles. The minimum atomic E-state index is -3.52. The van der Waals surface area contributed by atoms with E-state index in [1.165, 1.54) is 24.5 Å². The number of benzene rings is 1. The average Bonchev–Trinajstić information content (AvgIpc) is 2.49. The highest BCUT2D eigenvalue weighted by atomic mass is 35.5. The smallest absolute Gasteiger partial charge is 0.242 e. The third kappa shape index (κ3) is 4.67. The molecule has 0 spiro atoms. The number of sulfonamides is 1. The van der Waals surface area contributed by atoms with Gasteiger partial charge in [0.25, 0.3) is 0 Å². The van der Waals surface area contributed by atoms with Crippen LogP contribution in [0.1, 0.15) is 24.8 Å². The van der Waals surface area contributed by atoms with Crippen LogP contribution in [0.3, 0.4) is 0 Å². The van der Waals surface area contributed by atoms with Crippen LogP contribution < -0.4 is 10.6 Å². The SMILES string of the molecule is Cc1ccc(NC(=O)[C@H]2CCCCN2)cc1S(=O)(=O)N(C)C.Cl. The van der Waals surface area contributed by atoms with Gasteiger partial charge in [-0.2, -0.15) is 0 Å². The van der Waals surface area contributed by atoms with Gasteiger partial charge in [0.1, 0.15) is 0 Å². The van der Waals surface area contributed by atoms with Gasteiger partial charge in [-0.15, -0.1) is 12.4 Å². The lowest BCUT2D eigenvalue weighted by molar-refractivity contribution is -0.118. The molecule has 0 aromatic heterocycles. The Hall–Kier alpha value is -1.15. The molecular weight excluding hydrogens is 338 g/mol. The first-order valence-corrected chi connectivity index (χ1v) is 8.84. The highest BCUT2D eigenvalue weighted by molar-refractivity contribution is 7.89. The number of piperidine rings is 1. The van der Waals surface area contributed by atoms with Gasteiger partial charge in [0.2, 0.25) is 15.9 Å². The van der Waals surface area contributed by atoms with Gasteiger partial charge in [-0.1, -0.05) is 12.5 Å². The molecule has 2 rings (SSSR count). The van der Waals surface area contributed by atoms with E-state index < -0.39 is 10.0 Å². The molecule has 0 unspecified atom stereocenters. The number of rotatable bonds is 4. The Morgan fingerprint density at radius 1 is 1.30 bits per heavy atom. The van der Waals surface area contributed by atoms with Crippen molar-refractivity contribution in [1.29, 1.82) is 0 Å². The molecule has 130 valence electrons. The normalized spacial score (nSPS) is 18.3. The maximum absolute atomic E-state index is 12.3. The van der Waals surface area contributed by atoms with Gasteiger partial charge in [0.05, 0.1) is 10.9 Å². The van der Waals surface area contributed by atoms with Gasteiger partial charge in [-0.3, -0.25) is 4.79 Å². The number of amides is 1. The van der Waals surface area contributed by atoms with E-state index in [-0.39, 0.29) is 29.3 Å². The lowest BCUT2D eigenvalue weighted by Crippen LogP contribution is -2.43. The van der Waals surface area contributed by atoms with E-state index in [1.54, 1.807) is 19.1 Å². The molecule has 1 fully saturated rings. The molecule has 1 aliphatic heterocycles. The van der Waals surface area contributed by atoms with E-state index in [0.29, 0.717) is 11.3 Å². The minimum absolute atomic E-state index is 0. The van der Waals surface area contributed by atoms with Crippen LogP contribution in [0.4, 0.5) is 5.69 Å². The lowest BCUT2D eigenvalue weighted by Gasteiger charge is -2.23. The van der Waals surface area contributed by atoms with Crippen LogP contribution >= 0.6 is 12.4 Å². The summed E-state index contributed by atoms with van der Waals surface area (Å²) in [4.78, 5) is 12.4. The first-order chi connectivity index (χ1) is 10.3. The zero-order chi connectivity index (χ0) is 16.3. The van der Waals surface area contributed by atoms with Crippen LogP contribution in [0.25, 0.3) is 0 Å². The fraction of sp³-hybridized carbons (Fsp3) is 0.533. The van der Waals surface area contributed by atoms with E-state index in [1.807, 2.05) is 0 Å². The summed E-state index contributed by atoms with van der Waals surface area (Å²) >= 11 is 0. The molecule has 0 radical (unpaired) electrons. The van der Waals surface area contributed by atoms with Crippen LogP contribution in [-0.2, 0) is 14.8 Å². The predicted octanol–water partition coefficient (Wildman–Crippen LogP) is 1.75. The van der Waals surface area contributed by atoms with Crippen molar-refractivity contribution in [2.24, 2.45) is 0 Å². The molecule has 1 aromatic carbocycles. The first kappa shape index (κ1) is 19.9. The molecule has 1 atom stereocenters. The summed E-state index contributed by atoms with van der Waals surface area (Å²) in [5.74, 6) is -0.114. The van der Waals surface area contributed by atoms with Gasteiger partial charge in [-0.05, 0) is 44.0 Å². The van der Waals surface area contributed by atoms with E-state index in [4.69, 9.17) is 0 Å². The Morgan fingerprint density at radius 2 is 2.00 bits per heavy atom. The zero-order valence-corrected chi connectivity index (χ0v) is 15.3. The molecule has 1 aliphatic rings. The lowest BCUT2D eigenvalue weighted by atomic mass is 10.0.